The summed E-state index contributed by atoms with van der Waals surface area (Å²) in [4.78, 5) is 0. The summed E-state index contributed by atoms with van der Waals surface area (Å²) >= 11 is 0. The van der Waals surface area contributed by atoms with E-state index in [0.717, 1.165) is 0 Å². The predicted octanol–water partition coefficient (Wildman–Crippen LogP) is 3.44. The van der Waals surface area contributed by atoms with Gasteiger partial charge in [-0.15, -0.1) is 0 Å². The molecule has 0 heterocycles. The Balaban J connectivity index is 4.53. The zero-order chi connectivity index (χ0) is 10.7. The molecule has 0 aromatic carbocycles. The summed E-state index contributed by atoms with van der Waals surface area (Å²) < 4.78 is 22.7. The first kappa shape index (κ1) is 13.2. The van der Waals surface area contributed by atoms with Crippen molar-refractivity contribution in [1.29, 1.82) is 0 Å². The van der Waals surface area contributed by atoms with Crippen molar-refractivity contribution in [3.05, 3.63) is 0 Å². The van der Waals surface area contributed by atoms with Crippen molar-refractivity contribution in [1.82, 2.24) is 0 Å². The highest BCUT2D eigenvalue weighted by Crippen LogP contribution is 2.55. The smallest absolute Gasteiger partial charge is 0.309 e. The maximum absolute atomic E-state index is 12.1. The van der Waals surface area contributed by atoms with Crippen LogP contribution in [0.5, 0.6) is 0 Å². The average molecular weight is 208 g/mol. The second-order valence-electron chi connectivity index (χ2n) is 4.26. The van der Waals surface area contributed by atoms with Crippen LogP contribution >= 0.6 is 7.60 Å². The van der Waals surface area contributed by atoms with Crippen LogP contribution in [0.2, 0.25) is 0 Å². The molecule has 0 amide bonds. The van der Waals surface area contributed by atoms with Gasteiger partial charge in [0.25, 0.3) is 0 Å². The lowest BCUT2D eigenvalue weighted by molar-refractivity contribution is 0.0935. The fourth-order valence-corrected chi connectivity index (χ4v) is 2.53. The van der Waals surface area contributed by atoms with Gasteiger partial charge in [0.15, 0.2) is 0 Å². The topological polar surface area (TPSA) is 35.5 Å². The number of rotatable bonds is 4. The first-order valence-electron chi connectivity index (χ1n) is 4.66. The molecule has 0 aromatic heterocycles. The predicted molar refractivity (Wildman–Crippen MR) is 55.2 cm³/mol. The minimum Gasteiger partial charge on any atom is -0.309 e. The van der Waals surface area contributed by atoms with E-state index in [2.05, 4.69) is 0 Å². The van der Waals surface area contributed by atoms with E-state index in [1.54, 1.807) is 0 Å². The van der Waals surface area contributed by atoms with Crippen LogP contribution < -0.4 is 0 Å². The van der Waals surface area contributed by atoms with Gasteiger partial charge in [-0.1, -0.05) is 13.8 Å². The largest absolute Gasteiger partial charge is 0.333 e. The van der Waals surface area contributed by atoms with E-state index in [1.807, 2.05) is 41.5 Å². The summed E-state index contributed by atoms with van der Waals surface area (Å²) in [7, 11) is -2.91. The molecular weight excluding hydrogens is 187 g/mol. The van der Waals surface area contributed by atoms with Gasteiger partial charge >= 0.3 is 7.60 Å². The maximum atomic E-state index is 12.1. The van der Waals surface area contributed by atoms with Crippen LogP contribution in [-0.4, -0.2) is 17.9 Å². The molecule has 4 heteroatoms. The third-order valence-electron chi connectivity index (χ3n) is 1.34. The maximum Gasteiger partial charge on any atom is 0.333 e. The number of hydrogen-bond acceptors (Lipinski definition) is 3. The lowest BCUT2D eigenvalue weighted by Gasteiger charge is -2.29. The van der Waals surface area contributed by atoms with Gasteiger partial charge in [0.2, 0.25) is 0 Å². The third-order valence-corrected chi connectivity index (χ3v) is 4.03. The first-order valence-corrected chi connectivity index (χ1v) is 6.27. The van der Waals surface area contributed by atoms with Crippen LogP contribution in [0.15, 0.2) is 0 Å². The van der Waals surface area contributed by atoms with Gasteiger partial charge in [0.05, 0.1) is 17.9 Å². The van der Waals surface area contributed by atoms with Gasteiger partial charge in [-0.2, -0.15) is 0 Å². The van der Waals surface area contributed by atoms with Crippen LogP contribution in [0.1, 0.15) is 41.5 Å². The van der Waals surface area contributed by atoms with Crippen molar-refractivity contribution < 1.29 is 13.6 Å². The Kier molecular flexibility index (Phi) is 4.64. The van der Waals surface area contributed by atoms with Gasteiger partial charge < -0.3 is 9.05 Å². The Hall–Kier alpha value is 0.150. The monoisotopic (exact) mass is 208 g/mol. The molecule has 1 unspecified atom stereocenters. The van der Waals surface area contributed by atoms with E-state index in [0.29, 0.717) is 6.61 Å². The van der Waals surface area contributed by atoms with Gasteiger partial charge in [0.1, 0.15) is 0 Å². The Morgan fingerprint density at radius 2 is 1.77 bits per heavy atom. The molecule has 0 saturated carbocycles. The third kappa shape index (κ3) is 4.80. The van der Waals surface area contributed by atoms with Crippen molar-refractivity contribution in [3.63, 3.8) is 0 Å². The van der Waals surface area contributed by atoms with Crippen LogP contribution in [0, 0.1) is 0 Å². The molecule has 1 atom stereocenters. The SMILES string of the molecule is CCOP(=O)(OC(C)(C)C)C(C)C. The van der Waals surface area contributed by atoms with Crippen molar-refractivity contribution >= 4 is 7.60 Å². The minimum atomic E-state index is -2.91. The highest BCUT2D eigenvalue weighted by atomic mass is 31.2. The molecule has 80 valence electrons. The zero-order valence-electron chi connectivity index (χ0n) is 9.46. The summed E-state index contributed by atoms with van der Waals surface area (Å²) in [5.41, 5.74) is -0.513. The molecule has 0 fully saturated rings. The lowest BCUT2D eigenvalue weighted by Crippen LogP contribution is -2.21. The Morgan fingerprint density at radius 1 is 1.31 bits per heavy atom. The normalized spacial score (nSPS) is 17.5. The zero-order valence-corrected chi connectivity index (χ0v) is 10.4. The van der Waals surface area contributed by atoms with E-state index >= 15 is 0 Å². The van der Waals surface area contributed by atoms with Crippen molar-refractivity contribution in [3.8, 4) is 0 Å². The molecule has 0 rings (SSSR count). The van der Waals surface area contributed by atoms with E-state index in [4.69, 9.17) is 9.05 Å². The molecule has 0 aliphatic carbocycles. The summed E-state index contributed by atoms with van der Waals surface area (Å²) in [6.07, 6.45) is 0. The fourth-order valence-electron chi connectivity index (χ4n) is 0.842. The van der Waals surface area contributed by atoms with Crippen LogP contribution in [0.3, 0.4) is 0 Å². The quantitative estimate of drug-likeness (QED) is 0.664. The Morgan fingerprint density at radius 3 is 2.00 bits per heavy atom. The summed E-state index contributed by atoms with van der Waals surface area (Å²) in [5, 5.41) is 0. The number of hydrogen-bond donors (Lipinski definition) is 0. The molecule has 13 heavy (non-hydrogen) atoms. The summed E-state index contributed by atoms with van der Waals surface area (Å²) in [6.45, 7) is 11.6. The highest BCUT2D eigenvalue weighted by Gasteiger charge is 2.33. The van der Waals surface area contributed by atoms with Crippen molar-refractivity contribution in [2.45, 2.75) is 52.8 Å². The van der Waals surface area contributed by atoms with E-state index < -0.39 is 13.2 Å². The molecule has 0 radical (unpaired) electrons. The van der Waals surface area contributed by atoms with Crippen LogP contribution in [0.4, 0.5) is 0 Å². The molecule has 0 aliphatic heterocycles. The Labute approximate surface area is 81.3 Å². The van der Waals surface area contributed by atoms with E-state index in [9.17, 15) is 4.57 Å². The van der Waals surface area contributed by atoms with Gasteiger partial charge in [0, 0.05) is 0 Å². The summed E-state index contributed by atoms with van der Waals surface area (Å²) in [5.74, 6) is 0. The summed E-state index contributed by atoms with van der Waals surface area (Å²) in [6, 6.07) is 0. The second kappa shape index (κ2) is 4.59. The molecule has 0 aliphatic rings. The molecule has 0 spiro atoms. The van der Waals surface area contributed by atoms with Crippen molar-refractivity contribution in [2.75, 3.05) is 6.61 Å². The molecule has 0 N–H and O–H groups in total. The fraction of sp³-hybridized carbons (Fsp3) is 1.00. The van der Waals surface area contributed by atoms with E-state index in [1.165, 1.54) is 0 Å². The molecule has 3 nitrogen and oxygen atoms in total. The Bertz CT molecular complexity index is 194. The lowest BCUT2D eigenvalue weighted by atomic mass is 10.2. The van der Waals surface area contributed by atoms with Crippen LogP contribution in [-0.2, 0) is 13.6 Å². The van der Waals surface area contributed by atoms with Crippen LogP contribution in [0.25, 0.3) is 0 Å². The first-order chi connectivity index (χ1) is 5.71. The standard InChI is InChI=1S/C9H21O3P/c1-7-11-13(10,8(2)3)12-9(4,5)6/h8H,7H2,1-6H3. The van der Waals surface area contributed by atoms with E-state index in [-0.39, 0.29) is 5.66 Å². The van der Waals surface area contributed by atoms with Gasteiger partial charge in [-0.25, -0.2) is 0 Å². The molecule has 0 aromatic rings. The minimum absolute atomic E-state index is 0.0910. The van der Waals surface area contributed by atoms with Crippen molar-refractivity contribution in [2.24, 2.45) is 0 Å². The second-order valence-corrected chi connectivity index (χ2v) is 6.81. The molecular formula is C9H21O3P. The van der Waals surface area contributed by atoms with Gasteiger partial charge in [-0.3, -0.25) is 4.57 Å². The highest BCUT2D eigenvalue weighted by molar-refractivity contribution is 7.54. The average Bonchev–Trinajstić information content (AvgIpc) is 1.82. The molecule has 0 saturated heterocycles. The van der Waals surface area contributed by atoms with Gasteiger partial charge in [-0.05, 0) is 27.7 Å². The molecule has 0 bridgehead atoms.